The lowest BCUT2D eigenvalue weighted by molar-refractivity contribution is 0.140. The molecule has 21 heavy (non-hydrogen) atoms. The molecule has 1 rings (SSSR count). The van der Waals surface area contributed by atoms with E-state index in [0.717, 1.165) is 17.5 Å². The van der Waals surface area contributed by atoms with Crippen LogP contribution in [0.1, 0.15) is 45.1 Å². The molecule has 0 N–H and O–H groups in total. The summed E-state index contributed by atoms with van der Waals surface area (Å²) in [6.45, 7) is 4.54. The lowest BCUT2D eigenvalue weighted by Gasteiger charge is -2.24. The third-order valence-electron chi connectivity index (χ3n) is 4.18. The summed E-state index contributed by atoms with van der Waals surface area (Å²) < 4.78 is 16.5. The second kappa shape index (κ2) is 9.36. The lowest BCUT2D eigenvalue weighted by atomic mass is 9.92. The molecule has 0 bridgehead atoms. The number of rotatable bonds is 10. The molecule has 0 saturated carbocycles. The van der Waals surface area contributed by atoms with Crippen molar-refractivity contribution in [3.05, 3.63) is 29.8 Å². The second-order valence-electron chi connectivity index (χ2n) is 5.49. The van der Waals surface area contributed by atoms with Crippen LogP contribution in [-0.2, 0) is 19.7 Å². The van der Waals surface area contributed by atoms with E-state index < -0.39 is 8.80 Å². The first kappa shape index (κ1) is 18.4. The van der Waals surface area contributed by atoms with E-state index in [-0.39, 0.29) is 0 Å². The van der Waals surface area contributed by atoms with Crippen molar-refractivity contribution in [1.29, 1.82) is 0 Å². The van der Waals surface area contributed by atoms with Crippen LogP contribution < -0.4 is 5.19 Å². The minimum Gasteiger partial charge on any atom is -0.373 e. The Hall–Kier alpha value is -0.683. The van der Waals surface area contributed by atoms with E-state index in [1.54, 1.807) is 21.3 Å². The van der Waals surface area contributed by atoms with Gasteiger partial charge in [-0.25, -0.2) is 0 Å². The molecule has 4 heteroatoms. The third-order valence-corrected chi connectivity index (χ3v) is 6.83. The second-order valence-corrected chi connectivity index (χ2v) is 8.40. The molecule has 3 nitrogen and oxygen atoms in total. The molecule has 1 aromatic carbocycles. The van der Waals surface area contributed by atoms with E-state index in [1.165, 1.54) is 31.2 Å². The Kier molecular flexibility index (Phi) is 8.18. The third kappa shape index (κ3) is 4.92. The fourth-order valence-corrected chi connectivity index (χ4v) is 4.51. The van der Waals surface area contributed by atoms with Gasteiger partial charge in [0, 0.05) is 26.5 Å². The van der Waals surface area contributed by atoms with Crippen molar-refractivity contribution in [1.82, 2.24) is 0 Å². The van der Waals surface area contributed by atoms with Gasteiger partial charge in [0.05, 0.1) is 0 Å². The van der Waals surface area contributed by atoms with Gasteiger partial charge in [0.25, 0.3) is 0 Å². The molecular weight excluding hydrogens is 280 g/mol. The van der Waals surface area contributed by atoms with E-state index in [1.807, 2.05) is 0 Å². The van der Waals surface area contributed by atoms with Crippen molar-refractivity contribution in [2.45, 2.75) is 46.0 Å². The zero-order valence-corrected chi connectivity index (χ0v) is 15.1. The Labute approximate surface area is 131 Å². The first-order valence-corrected chi connectivity index (χ1v) is 9.63. The highest BCUT2D eigenvalue weighted by molar-refractivity contribution is 6.75. The van der Waals surface area contributed by atoms with Gasteiger partial charge in [-0.1, -0.05) is 63.8 Å². The Morgan fingerprint density at radius 2 is 1.52 bits per heavy atom. The summed E-state index contributed by atoms with van der Waals surface area (Å²) in [5.41, 5.74) is 1.38. The van der Waals surface area contributed by atoms with Crippen LogP contribution in [0.4, 0.5) is 0 Å². The van der Waals surface area contributed by atoms with Gasteiger partial charge >= 0.3 is 8.80 Å². The molecule has 0 aliphatic heterocycles. The highest BCUT2D eigenvalue weighted by atomic mass is 28.4. The van der Waals surface area contributed by atoms with Gasteiger partial charge in [0.15, 0.2) is 0 Å². The highest BCUT2D eigenvalue weighted by Crippen LogP contribution is 2.18. The minimum absolute atomic E-state index is 0.782. The van der Waals surface area contributed by atoms with Crippen LogP contribution in [0.15, 0.2) is 24.3 Å². The topological polar surface area (TPSA) is 27.7 Å². The molecule has 0 amide bonds. The van der Waals surface area contributed by atoms with Gasteiger partial charge in [-0.2, -0.15) is 0 Å². The fraction of sp³-hybridized carbons (Fsp3) is 0.647. The molecule has 120 valence electrons. The molecule has 0 fully saturated rings. The van der Waals surface area contributed by atoms with Crippen LogP contribution in [0, 0.1) is 5.92 Å². The Balaban J connectivity index is 2.77. The maximum atomic E-state index is 5.51. The first-order chi connectivity index (χ1) is 10.2. The Morgan fingerprint density at radius 3 is 1.95 bits per heavy atom. The summed E-state index contributed by atoms with van der Waals surface area (Å²) in [5.74, 6) is 0.782. The van der Waals surface area contributed by atoms with Gasteiger partial charge in [0.2, 0.25) is 0 Å². The van der Waals surface area contributed by atoms with Crippen LogP contribution in [-0.4, -0.2) is 30.1 Å². The number of hydrogen-bond acceptors (Lipinski definition) is 3. The normalized spacial score (nSPS) is 13.4. The van der Waals surface area contributed by atoms with Gasteiger partial charge < -0.3 is 13.3 Å². The molecule has 1 unspecified atom stereocenters. The van der Waals surface area contributed by atoms with Crippen molar-refractivity contribution < 1.29 is 13.3 Å². The zero-order valence-electron chi connectivity index (χ0n) is 14.1. The van der Waals surface area contributed by atoms with Crippen LogP contribution in [0.3, 0.4) is 0 Å². The molecule has 0 heterocycles. The Bertz CT molecular complexity index is 379. The molecule has 0 aliphatic carbocycles. The summed E-state index contributed by atoms with van der Waals surface area (Å²) in [7, 11) is 2.25. The van der Waals surface area contributed by atoms with E-state index in [9.17, 15) is 0 Å². The monoisotopic (exact) mass is 310 g/mol. The van der Waals surface area contributed by atoms with Crippen LogP contribution in [0.5, 0.6) is 0 Å². The smallest absolute Gasteiger partial charge is 0.373 e. The van der Waals surface area contributed by atoms with E-state index >= 15 is 0 Å². The maximum Gasteiger partial charge on any atom is 0.536 e. The number of benzene rings is 1. The first-order valence-electron chi connectivity index (χ1n) is 7.90. The van der Waals surface area contributed by atoms with Crippen molar-refractivity contribution >= 4 is 14.0 Å². The van der Waals surface area contributed by atoms with Gasteiger partial charge in [-0.15, -0.1) is 0 Å². The summed E-state index contributed by atoms with van der Waals surface area (Å²) in [6.07, 6.45) is 6.32. The number of unbranched alkanes of at least 4 members (excludes halogenated alkanes) is 1. The predicted octanol–water partition coefficient (Wildman–Crippen LogP) is 3.53. The summed E-state index contributed by atoms with van der Waals surface area (Å²) in [5, 5.41) is 1.01. The van der Waals surface area contributed by atoms with Crippen LogP contribution >= 0.6 is 0 Å². The molecule has 0 spiro atoms. The lowest BCUT2D eigenvalue weighted by Crippen LogP contribution is -2.54. The molecule has 0 radical (unpaired) electrons. The SMILES string of the molecule is CCCCC(CC)Cc1ccc([Si](OC)(OC)OC)cc1. The average Bonchev–Trinajstić information content (AvgIpc) is 2.55. The van der Waals surface area contributed by atoms with Gasteiger partial charge in [0.1, 0.15) is 0 Å². The van der Waals surface area contributed by atoms with E-state index in [2.05, 4.69) is 38.1 Å². The quantitative estimate of drug-likeness (QED) is 0.619. The summed E-state index contributed by atoms with van der Waals surface area (Å²) in [4.78, 5) is 0. The summed E-state index contributed by atoms with van der Waals surface area (Å²) >= 11 is 0. The predicted molar refractivity (Wildman–Crippen MR) is 89.9 cm³/mol. The van der Waals surface area contributed by atoms with Gasteiger partial charge in [-0.3, -0.25) is 0 Å². The van der Waals surface area contributed by atoms with Crippen LogP contribution in [0.25, 0.3) is 0 Å². The molecule has 0 saturated heterocycles. The average molecular weight is 311 g/mol. The Morgan fingerprint density at radius 1 is 0.952 bits per heavy atom. The molecule has 0 aliphatic rings. The minimum atomic E-state index is -2.69. The van der Waals surface area contributed by atoms with E-state index in [4.69, 9.17) is 13.3 Å². The van der Waals surface area contributed by atoms with Crippen molar-refractivity contribution in [3.8, 4) is 0 Å². The van der Waals surface area contributed by atoms with E-state index in [0.29, 0.717) is 0 Å². The maximum absolute atomic E-state index is 5.51. The molecular formula is C17H30O3Si. The van der Waals surface area contributed by atoms with Crippen molar-refractivity contribution in [2.24, 2.45) is 5.92 Å². The molecule has 0 aromatic heterocycles. The standard InChI is InChI=1S/C17H30O3Si/c1-6-8-9-15(7-2)14-16-10-12-17(13-11-16)21(18-3,19-4)20-5/h10-13,15H,6-9,14H2,1-5H3. The van der Waals surface area contributed by atoms with Crippen LogP contribution in [0.2, 0.25) is 0 Å². The van der Waals surface area contributed by atoms with Crippen molar-refractivity contribution in [3.63, 3.8) is 0 Å². The number of hydrogen-bond donors (Lipinski definition) is 0. The fourth-order valence-electron chi connectivity index (χ4n) is 2.73. The van der Waals surface area contributed by atoms with Crippen molar-refractivity contribution in [2.75, 3.05) is 21.3 Å². The highest BCUT2D eigenvalue weighted by Gasteiger charge is 2.40. The van der Waals surface area contributed by atoms with Gasteiger partial charge in [-0.05, 0) is 17.9 Å². The largest absolute Gasteiger partial charge is 0.536 e. The molecule has 1 atom stereocenters. The molecule has 1 aromatic rings. The summed E-state index contributed by atoms with van der Waals surface area (Å²) in [6, 6.07) is 8.54. The zero-order chi connectivity index (χ0) is 15.7.